The van der Waals surface area contributed by atoms with Gasteiger partial charge in [0, 0.05) is 5.02 Å². The highest BCUT2D eigenvalue weighted by Crippen LogP contribution is 2.42. The van der Waals surface area contributed by atoms with Crippen LogP contribution < -0.4 is 14.9 Å². The van der Waals surface area contributed by atoms with E-state index in [4.69, 9.17) is 25.5 Å². The Morgan fingerprint density at radius 2 is 1.83 bits per heavy atom. The molecule has 2 heterocycles. The summed E-state index contributed by atoms with van der Waals surface area (Å²) in [6.45, 7) is 2.27. The number of rotatable bonds is 7. The van der Waals surface area contributed by atoms with E-state index in [0.29, 0.717) is 34.3 Å². The fourth-order valence-corrected chi connectivity index (χ4v) is 4.80. The minimum Gasteiger partial charge on any atom is -0.493 e. The van der Waals surface area contributed by atoms with Crippen LogP contribution in [0.2, 0.25) is 5.02 Å². The van der Waals surface area contributed by atoms with Gasteiger partial charge in [0.1, 0.15) is 5.58 Å². The topological polar surface area (TPSA) is 89.2 Å². The standard InChI is InChI=1S/C28H24ClNO6/c1-3-35-22-11-9-17(13-23(22)34-2)25-24-26(32)19-14-18(29)10-12-21(19)36-27(24)28(33)30(25)15-20(31)16-7-5-4-6-8-16/h4-14,20,25,31H,3,15H2,1-2H3. The molecule has 0 saturated heterocycles. The normalized spacial score (nSPS) is 15.7. The summed E-state index contributed by atoms with van der Waals surface area (Å²) >= 11 is 6.15. The van der Waals surface area contributed by atoms with Gasteiger partial charge in [-0.05, 0) is 48.4 Å². The molecule has 1 aliphatic heterocycles. The molecule has 1 aromatic heterocycles. The Hall–Kier alpha value is -3.81. The summed E-state index contributed by atoms with van der Waals surface area (Å²) < 4.78 is 17.1. The van der Waals surface area contributed by atoms with Gasteiger partial charge < -0.3 is 23.9 Å². The average Bonchev–Trinajstić information content (AvgIpc) is 3.17. The van der Waals surface area contributed by atoms with Crippen LogP contribution in [0.1, 0.15) is 46.3 Å². The van der Waals surface area contributed by atoms with Crippen molar-refractivity contribution in [1.29, 1.82) is 0 Å². The summed E-state index contributed by atoms with van der Waals surface area (Å²) in [5.41, 5.74) is 1.39. The van der Waals surface area contributed by atoms with E-state index in [1.165, 1.54) is 18.1 Å². The Morgan fingerprint density at radius 3 is 2.56 bits per heavy atom. The number of amides is 1. The van der Waals surface area contributed by atoms with Crippen LogP contribution in [-0.4, -0.2) is 36.2 Å². The zero-order chi connectivity index (χ0) is 25.4. The lowest BCUT2D eigenvalue weighted by Gasteiger charge is -2.28. The summed E-state index contributed by atoms with van der Waals surface area (Å²) in [5, 5.41) is 11.7. The number of hydrogen-bond donors (Lipinski definition) is 1. The third-order valence-corrected chi connectivity index (χ3v) is 6.52. The number of methoxy groups -OCH3 is 1. The molecule has 0 radical (unpaired) electrons. The highest BCUT2D eigenvalue weighted by molar-refractivity contribution is 6.31. The predicted molar refractivity (Wildman–Crippen MR) is 136 cm³/mol. The molecule has 0 saturated carbocycles. The average molecular weight is 506 g/mol. The molecule has 7 nitrogen and oxygen atoms in total. The van der Waals surface area contributed by atoms with Gasteiger partial charge in [-0.2, -0.15) is 0 Å². The molecule has 4 aromatic rings. The summed E-state index contributed by atoms with van der Waals surface area (Å²) in [6.07, 6.45) is -0.976. The van der Waals surface area contributed by atoms with Crippen molar-refractivity contribution in [2.75, 3.05) is 20.3 Å². The lowest BCUT2D eigenvalue weighted by molar-refractivity contribution is 0.0583. The van der Waals surface area contributed by atoms with Crippen molar-refractivity contribution in [3.05, 3.63) is 104 Å². The Morgan fingerprint density at radius 1 is 1.06 bits per heavy atom. The SMILES string of the molecule is CCOc1ccc(C2c3c(oc4ccc(Cl)cc4c3=O)C(=O)N2CC(O)c2ccccc2)cc1OC. The zero-order valence-electron chi connectivity index (χ0n) is 19.7. The summed E-state index contributed by atoms with van der Waals surface area (Å²) in [7, 11) is 1.52. The molecule has 8 heteroatoms. The second kappa shape index (κ2) is 9.68. The van der Waals surface area contributed by atoms with E-state index >= 15 is 0 Å². The molecule has 184 valence electrons. The molecule has 3 aromatic carbocycles. The number of halogens is 1. The highest BCUT2D eigenvalue weighted by Gasteiger charge is 2.43. The first-order chi connectivity index (χ1) is 17.4. The summed E-state index contributed by atoms with van der Waals surface area (Å²) in [5.74, 6) is 0.480. The van der Waals surface area contributed by atoms with Crippen molar-refractivity contribution in [2.45, 2.75) is 19.1 Å². The van der Waals surface area contributed by atoms with Gasteiger partial charge >= 0.3 is 0 Å². The number of nitrogens with zero attached hydrogens (tertiary/aromatic N) is 1. The predicted octanol–water partition coefficient (Wildman–Crippen LogP) is 5.13. The lowest BCUT2D eigenvalue weighted by atomic mass is 9.97. The van der Waals surface area contributed by atoms with E-state index in [1.54, 1.807) is 42.5 Å². The van der Waals surface area contributed by atoms with E-state index in [0.717, 1.165) is 0 Å². The van der Waals surface area contributed by atoms with Crippen LogP contribution in [-0.2, 0) is 0 Å². The van der Waals surface area contributed by atoms with Gasteiger partial charge in [0.05, 0.1) is 43.4 Å². The van der Waals surface area contributed by atoms with E-state index in [9.17, 15) is 14.7 Å². The van der Waals surface area contributed by atoms with Gasteiger partial charge in [0.15, 0.2) is 16.9 Å². The molecule has 2 unspecified atom stereocenters. The number of benzene rings is 3. The van der Waals surface area contributed by atoms with E-state index < -0.39 is 18.1 Å². The van der Waals surface area contributed by atoms with Crippen LogP contribution in [0.4, 0.5) is 0 Å². The fraction of sp³-hybridized carbons (Fsp3) is 0.214. The van der Waals surface area contributed by atoms with Crippen LogP contribution in [0.15, 0.2) is 75.9 Å². The van der Waals surface area contributed by atoms with Crippen LogP contribution >= 0.6 is 11.6 Å². The molecule has 5 rings (SSSR count). The van der Waals surface area contributed by atoms with Gasteiger partial charge in [-0.3, -0.25) is 9.59 Å². The van der Waals surface area contributed by atoms with Gasteiger partial charge in [0.25, 0.3) is 5.91 Å². The number of carbonyl (C=O) groups is 1. The number of fused-ring (bicyclic) bond motifs is 2. The molecular formula is C28H24ClNO6. The number of carbonyl (C=O) groups excluding carboxylic acids is 1. The van der Waals surface area contributed by atoms with Gasteiger partial charge in [-0.25, -0.2) is 0 Å². The molecule has 0 bridgehead atoms. The van der Waals surface area contributed by atoms with Crippen molar-refractivity contribution in [3.8, 4) is 11.5 Å². The second-order valence-electron chi connectivity index (χ2n) is 8.44. The second-order valence-corrected chi connectivity index (χ2v) is 8.88. The van der Waals surface area contributed by atoms with Crippen molar-refractivity contribution in [3.63, 3.8) is 0 Å². The molecule has 1 N–H and O–H groups in total. The van der Waals surface area contributed by atoms with E-state index in [-0.39, 0.29) is 34.3 Å². The maximum absolute atomic E-state index is 13.7. The lowest BCUT2D eigenvalue weighted by Crippen LogP contribution is -2.33. The minimum atomic E-state index is -0.976. The Labute approximate surface area is 212 Å². The van der Waals surface area contributed by atoms with Crippen LogP contribution in [0.25, 0.3) is 11.0 Å². The van der Waals surface area contributed by atoms with Gasteiger partial charge in [-0.15, -0.1) is 0 Å². The Bertz CT molecular complexity index is 1500. The molecule has 36 heavy (non-hydrogen) atoms. The molecule has 1 amide bonds. The van der Waals surface area contributed by atoms with Gasteiger partial charge in [-0.1, -0.05) is 48.0 Å². The molecule has 0 fully saturated rings. The van der Waals surface area contributed by atoms with Crippen molar-refractivity contribution < 1.29 is 23.8 Å². The van der Waals surface area contributed by atoms with Gasteiger partial charge in [0.2, 0.25) is 5.76 Å². The van der Waals surface area contributed by atoms with Crippen molar-refractivity contribution in [1.82, 2.24) is 4.90 Å². The van der Waals surface area contributed by atoms with Crippen molar-refractivity contribution in [2.24, 2.45) is 0 Å². The zero-order valence-corrected chi connectivity index (χ0v) is 20.5. The first-order valence-corrected chi connectivity index (χ1v) is 11.9. The molecule has 2 atom stereocenters. The first-order valence-electron chi connectivity index (χ1n) is 11.5. The smallest absolute Gasteiger partial charge is 0.291 e. The maximum atomic E-state index is 13.7. The highest BCUT2D eigenvalue weighted by atomic mass is 35.5. The molecule has 1 aliphatic rings. The van der Waals surface area contributed by atoms with Crippen molar-refractivity contribution >= 4 is 28.5 Å². The number of hydrogen-bond acceptors (Lipinski definition) is 6. The number of β-amino-alcohol motifs (C(OH)–C–C–N with tert-alkyl or cyclic N) is 1. The fourth-order valence-electron chi connectivity index (χ4n) is 4.62. The Balaban J connectivity index is 1.68. The first kappa shape index (κ1) is 23.9. The minimum absolute atomic E-state index is 0.0482. The van der Waals surface area contributed by atoms with E-state index in [2.05, 4.69) is 0 Å². The van der Waals surface area contributed by atoms with Crippen LogP contribution in [0.3, 0.4) is 0 Å². The monoisotopic (exact) mass is 505 g/mol. The number of ether oxygens (including phenoxy) is 2. The Kier molecular flexibility index (Phi) is 6.43. The third-order valence-electron chi connectivity index (χ3n) is 6.28. The maximum Gasteiger partial charge on any atom is 0.291 e. The molecular weight excluding hydrogens is 482 g/mol. The number of aliphatic hydroxyl groups is 1. The number of aliphatic hydroxyl groups excluding tert-OH is 1. The van der Waals surface area contributed by atoms with Crippen LogP contribution in [0.5, 0.6) is 11.5 Å². The van der Waals surface area contributed by atoms with Crippen LogP contribution in [0, 0.1) is 0 Å². The molecule has 0 aliphatic carbocycles. The molecule has 0 spiro atoms. The summed E-state index contributed by atoms with van der Waals surface area (Å²) in [4.78, 5) is 28.8. The summed E-state index contributed by atoms with van der Waals surface area (Å²) in [6, 6.07) is 18.2. The van der Waals surface area contributed by atoms with E-state index in [1.807, 2.05) is 25.1 Å². The largest absolute Gasteiger partial charge is 0.493 e. The third kappa shape index (κ3) is 4.10. The quantitative estimate of drug-likeness (QED) is 0.374.